The second-order valence-corrected chi connectivity index (χ2v) is 3.35. The monoisotopic (exact) mass is 188 g/mol. The minimum Gasteiger partial charge on any atom is -0.453 e. The van der Waals surface area contributed by atoms with Crippen LogP contribution in [0.4, 0.5) is 4.79 Å². The summed E-state index contributed by atoms with van der Waals surface area (Å²) in [6.07, 6.45) is -0.938. The highest BCUT2D eigenvalue weighted by molar-refractivity contribution is 5.68. The van der Waals surface area contributed by atoms with E-state index < -0.39 is 12.2 Å². The fourth-order valence-electron chi connectivity index (χ4n) is 1.68. The summed E-state index contributed by atoms with van der Waals surface area (Å²) >= 11 is 0. The Morgan fingerprint density at radius 3 is 2.77 bits per heavy atom. The topological polar surface area (TPSA) is 75.8 Å². The first-order valence-corrected chi connectivity index (χ1v) is 4.34. The number of aliphatic hydroxyl groups excluding tert-OH is 1. The second kappa shape index (κ2) is 3.93. The molecule has 0 aliphatic carbocycles. The summed E-state index contributed by atoms with van der Waals surface area (Å²) in [5.74, 6) is -0.0332. The van der Waals surface area contributed by atoms with Crippen molar-refractivity contribution in [2.24, 2.45) is 11.7 Å². The maximum Gasteiger partial charge on any atom is 0.409 e. The molecule has 1 rings (SSSR count). The molecule has 0 saturated carbocycles. The molecule has 3 unspecified atom stereocenters. The van der Waals surface area contributed by atoms with E-state index in [2.05, 4.69) is 4.74 Å². The van der Waals surface area contributed by atoms with Crippen molar-refractivity contribution < 1.29 is 14.6 Å². The van der Waals surface area contributed by atoms with Gasteiger partial charge in [0.25, 0.3) is 0 Å². The number of nitrogens with zero attached hydrogens (tertiary/aromatic N) is 1. The normalized spacial score (nSPS) is 33.5. The lowest BCUT2D eigenvalue weighted by molar-refractivity contribution is 0.0884. The van der Waals surface area contributed by atoms with E-state index in [0.717, 1.165) is 0 Å². The molecule has 76 valence electrons. The summed E-state index contributed by atoms with van der Waals surface area (Å²) < 4.78 is 4.58. The molecule has 0 aromatic rings. The fraction of sp³-hybridized carbons (Fsp3) is 0.875. The van der Waals surface area contributed by atoms with Crippen LogP contribution in [0.1, 0.15) is 6.92 Å². The van der Waals surface area contributed by atoms with Crippen molar-refractivity contribution in [1.82, 2.24) is 4.90 Å². The lowest BCUT2D eigenvalue weighted by Gasteiger charge is -2.20. The maximum atomic E-state index is 11.2. The SMILES string of the molecule is COC(=O)N1CC(CN)C(O)C1C. The molecule has 0 radical (unpaired) electrons. The third-order valence-corrected chi connectivity index (χ3v) is 2.61. The molecule has 1 heterocycles. The van der Waals surface area contributed by atoms with Crippen molar-refractivity contribution in [3.05, 3.63) is 0 Å². The maximum absolute atomic E-state index is 11.2. The zero-order valence-electron chi connectivity index (χ0n) is 7.93. The van der Waals surface area contributed by atoms with E-state index in [1.165, 1.54) is 12.0 Å². The number of nitrogens with two attached hydrogens (primary N) is 1. The van der Waals surface area contributed by atoms with Crippen LogP contribution in [0.25, 0.3) is 0 Å². The van der Waals surface area contributed by atoms with E-state index in [0.29, 0.717) is 13.1 Å². The van der Waals surface area contributed by atoms with Gasteiger partial charge in [-0.1, -0.05) is 0 Å². The number of hydrogen-bond donors (Lipinski definition) is 2. The van der Waals surface area contributed by atoms with Gasteiger partial charge in [-0.15, -0.1) is 0 Å². The van der Waals surface area contributed by atoms with Gasteiger partial charge in [-0.25, -0.2) is 4.79 Å². The number of methoxy groups -OCH3 is 1. The molecule has 1 fully saturated rings. The third kappa shape index (κ3) is 1.76. The van der Waals surface area contributed by atoms with Crippen LogP contribution in [0.3, 0.4) is 0 Å². The van der Waals surface area contributed by atoms with Gasteiger partial charge in [-0.05, 0) is 13.5 Å². The van der Waals surface area contributed by atoms with E-state index in [-0.39, 0.29) is 12.0 Å². The van der Waals surface area contributed by atoms with E-state index in [4.69, 9.17) is 5.73 Å². The van der Waals surface area contributed by atoms with Gasteiger partial charge < -0.3 is 20.5 Å². The number of likely N-dealkylation sites (tertiary alicyclic amines) is 1. The highest BCUT2D eigenvalue weighted by Crippen LogP contribution is 2.23. The molecule has 13 heavy (non-hydrogen) atoms. The summed E-state index contributed by atoms with van der Waals surface area (Å²) in [6.45, 7) is 2.65. The van der Waals surface area contributed by atoms with Crippen molar-refractivity contribution in [3.63, 3.8) is 0 Å². The molecular formula is C8H16N2O3. The standard InChI is InChI=1S/C8H16N2O3/c1-5-7(11)6(3-9)4-10(5)8(12)13-2/h5-7,11H,3-4,9H2,1-2H3. The van der Waals surface area contributed by atoms with Gasteiger partial charge in [0.2, 0.25) is 0 Å². The smallest absolute Gasteiger partial charge is 0.409 e. The average molecular weight is 188 g/mol. The number of ether oxygens (including phenoxy) is 1. The van der Waals surface area contributed by atoms with Crippen molar-refractivity contribution in [3.8, 4) is 0 Å². The van der Waals surface area contributed by atoms with Gasteiger partial charge in [0.05, 0.1) is 19.3 Å². The molecule has 5 nitrogen and oxygen atoms in total. The summed E-state index contributed by atoms with van der Waals surface area (Å²) in [5.41, 5.74) is 5.45. The quantitative estimate of drug-likeness (QED) is 0.575. The van der Waals surface area contributed by atoms with Crippen molar-refractivity contribution in [2.75, 3.05) is 20.2 Å². The first kappa shape index (κ1) is 10.3. The van der Waals surface area contributed by atoms with Gasteiger partial charge in [-0.3, -0.25) is 0 Å². The Kier molecular flexibility index (Phi) is 3.11. The molecule has 1 aliphatic rings. The molecular weight excluding hydrogens is 172 g/mol. The van der Waals surface area contributed by atoms with Crippen LogP contribution in [0.15, 0.2) is 0 Å². The lowest BCUT2D eigenvalue weighted by Crippen LogP contribution is -2.37. The van der Waals surface area contributed by atoms with Gasteiger partial charge in [-0.2, -0.15) is 0 Å². The van der Waals surface area contributed by atoms with E-state index >= 15 is 0 Å². The Morgan fingerprint density at radius 1 is 1.77 bits per heavy atom. The first-order valence-electron chi connectivity index (χ1n) is 4.34. The molecule has 0 spiro atoms. The molecule has 3 N–H and O–H groups in total. The van der Waals surface area contributed by atoms with Crippen LogP contribution in [-0.2, 0) is 4.74 Å². The van der Waals surface area contributed by atoms with Crippen LogP contribution < -0.4 is 5.73 Å². The summed E-state index contributed by atoms with van der Waals surface area (Å²) in [7, 11) is 1.33. The van der Waals surface area contributed by atoms with Crippen molar-refractivity contribution in [1.29, 1.82) is 0 Å². The minimum atomic E-state index is -0.538. The molecule has 1 amide bonds. The van der Waals surface area contributed by atoms with Gasteiger partial charge in [0, 0.05) is 12.5 Å². The Bertz CT molecular complexity index is 198. The minimum absolute atomic E-state index is 0.0332. The number of carbonyl (C=O) groups excluding carboxylic acids is 1. The lowest BCUT2D eigenvalue weighted by atomic mass is 10.0. The number of rotatable bonds is 1. The molecule has 0 aromatic carbocycles. The highest BCUT2D eigenvalue weighted by atomic mass is 16.5. The predicted octanol–water partition coefficient (Wildman–Crippen LogP) is -0.607. The van der Waals surface area contributed by atoms with Crippen LogP contribution in [0.5, 0.6) is 0 Å². The Hall–Kier alpha value is -0.810. The molecule has 5 heteroatoms. The van der Waals surface area contributed by atoms with E-state index in [1.54, 1.807) is 6.92 Å². The van der Waals surface area contributed by atoms with Gasteiger partial charge >= 0.3 is 6.09 Å². The van der Waals surface area contributed by atoms with E-state index in [9.17, 15) is 9.90 Å². The Balaban J connectivity index is 2.65. The number of hydrogen-bond acceptors (Lipinski definition) is 4. The number of amides is 1. The van der Waals surface area contributed by atoms with Crippen molar-refractivity contribution in [2.45, 2.75) is 19.1 Å². The molecule has 3 atom stereocenters. The zero-order valence-corrected chi connectivity index (χ0v) is 7.93. The molecule has 0 aromatic heterocycles. The predicted molar refractivity (Wildman–Crippen MR) is 47.1 cm³/mol. The fourth-order valence-corrected chi connectivity index (χ4v) is 1.68. The number of carbonyl (C=O) groups is 1. The largest absolute Gasteiger partial charge is 0.453 e. The Morgan fingerprint density at radius 2 is 2.38 bits per heavy atom. The van der Waals surface area contributed by atoms with Gasteiger partial charge in [0.15, 0.2) is 0 Å². The van der Waals surface area contributed by atoms with Gasteiger partial charge in [0.1, 0.15) is 0 Å². The first-order chi connectivity index (χ1) is 6.11. The van der Waals surface area contributed by atoms with Crippen LogP contribution in [0.2, 0.25) is 0 Å². The zero-order chi connectivity index (χ0) is 10.0. The van der Waals surface area contributed by atoms with Crippen LogP contribution in [-0.4, -0.2) is 48.4 Å². The summed E-state index contributed by atoms with van der Waals surface area (Å²) in [6, 6.07) is -0.207. The average Bonchev–Trinajstić information content (AvgIpc) is 2.43. The molecule has 1 saturated heterocycles. The highest BCUT2D eigenvalue weighted by Gasteiger charge is 2.40. The summed E-state index contributed by atoms with van der Waals surface area (Å²) in [4.78, 5) is 12.7. The molecule has 1 aliphatic heterocycles. The van der Waals surface area contributed by atoms with E-state index in [1.807, 2.05) is 0 Å². The van der Waals surface area contributed by atoms with Crippen LogP contribution >= 0.6 is 0 Å². The molecule has 0 bridgehead atoms. The second-order valence-electron chi connectivity index (χ2n) is 3.35. The van der Waals surface area contributed by atoms with Crippen LogP contribution in [0, 0.1) is 5.92 Å². The van der Waals surface area contributed by atoms with Crippen molar-refractivity contribution >= 4 is 6.09 Å². The summed E-state index contributed by atoms with van der Waals surface area (Å²) in [5, 5.41) is 9.64. The Labute approximate surface area is 77.5 Å². The number of aliphatic hydroxyl groups is 1. The third-order valence-electron chi connectivity index (χ3n) is 2.61.